The number of benzene rings is 2. The first-order valence-corrected chi connectivity index (χ1v) is 6.43. The summed E-state index contributed by atoms with van der Waals surface area (Å²) in [6.45, 7) is -0.114. The molecule has 1 nitrogen and oxygen atoms in total. The average molecular weight is 303 g/mol. The van der Waals surface area contributed by atoms with Crippen LogP contribution in [0.1, 0.15) is 11.1 Å². The van der Waals surface area contributed by atoms with Gasteiger partial charge in [-0.1, -0.05) is 35.9 Å². The lowest BCUT2D eigenvalue weighted by Gasteiger charge is -2.11. The third-order valence-electron chi connectivity index (χ3n) is 2.60. The van der Waals surface area contributed by atoms with Gasteiger partial charge < -0.3 is 4.74 Å². The molecule has 0 fully saturated rings. The maximum atomic E-state index is 13.7. The standard InChI is InChI=1S/C14H10Cl2F2O/c15-7-9-3-2-6-12(17)14(9)19-8-10-4-1-5-11(16)13(10)18/h1-6H,7-8H2. The highest BCUT2D eigenvalue weighted by Crippen LogP contribution is 2.26. The molecule has 5 heteroatoms. The molecule has 2 rings (SSSR count). The molecular formula is C14H10Cl2F2O. The summed E-state index contributed by atoms with van der Waals surface area (Å²) in [5, 5.41) is 0.00667. The molecule has 0 unspecified atom stereocenters. The molecule has 0 aliphatic carbocycles. The Balaban J connectivity index is 2.21. The van der Waals surface area contributed by atoms with E-state index in [0.29, 0.717) is 5.56 Å². The molecule has 0 atom stereocenters. The number of hydrogen-bond donors (Lipinski definition) is 0. The van der Waals surface area contributed by atoms with Crippen LogP contribution in [0, 0.1) is 11.6 Å². The molecule has 0 radical (unpaired) electrons. The van der Waals surface area contributed by atoms with Crippen LogP contribution in [-0.2, 0) is 12.5 Å². The number of halogens is 4. The number of rotatable bonds is 4. The van der Waals surface area contributed by atoms with Gasteiger partial charge in [-0.3, -0.25) is 0 Å². The molecule has 0 saturated heterocycles. The van der Waals surface area contributed by atoms with E-state index in [1.165, 1.54) is 18.2 Å². The third-order valence-corrected chi connectivity index (χ3v) is 3.18. The SMILES string of the molecule is Fc1cccc(CCl)c1OCc1cccc(Cl)c1F. The minimum Gasteiger partial charge on any atom is -0.485 e. The van der Waals surface area contributed by atoms with E-state index in [4.69, 9.17) is 27.9 Å². The van der Waals surface area contributed by atoms with Crippen molar-refractivity contribution in [3.05, 3.63) is 64.2 Å². The van der Waals surface area contributed by atoms with Gasteiger partial charge >= 0.3 is 0 Å². The van der Waals surface area contributed by atoms with E-state index in [1.807, 2.05) is 0 Å². The Bertz CT molecular complexity index is 588. The zero-order valence-electron chi connectivity index (χ0n) is 9.80. The lowest BCUT2D eigenvalue weighted by molar-refractivity contribution is 0.282. The average Bonchev–Trinajstić information content (AvgIpc) is 2.41. The summed E-state index contributed by atoms with van der Waals surface area (Å²) in [7, 11) is 0. The van der Waals surface area contributed by atoms with Gasteiger partial charge in [-0.2, -0.15) is 0 Å². The number of alkyl halides is 1. The highest BCUT2D eigenvalue weighted by Gasteiger charge is 2.11. The van der Waals surface area contributed by atoms with Crippen molar-refractivity contribution in [1.29, 1.82) is 0 Å². The summed E-state index contributed by atoms with van der Waals surface area (Å²) in [6.07, 6.45) is 0. The number of hydrogen-bond acceptors (Lipinski definition) is 1. The second kappa shape index (κ2) is 6.22. The predicted molar refractivity (Wildman–Crippen MR) is 71.7 cm³/mol. The minimum atomic E-state index is -0.562. The second-order valence-electron chi connectivity index (χ2n) is 3.86. The van der Waals surface area contributed by atoms with Crippen molar-refractivity contribution in [1.82, 2.24) is 0 Å². The van der Waals surface area contributed by atoms with Crippen molar-refractivity contribution in [3.8, 4) is 5.75 Å². The van der Waals surface area contributed by atoms with Gasteiger partial charge in [0.25, 0.3) is 0 Å². The van der Waals surface area contributed by atoms with Gasteiger partial charge in [0.05, 0.1) is 10.9 Å². The molecule has 0 saturated carbocycles. The molecule has 100 valence electrons. The quantitative estimate of drug-likeness (QED) is 0.727. The fourth-order valence-electron chi connectivity index (χ4n) is 1.63. The van der Waals surface area contributed by atoms with E-state index >= 15 is 0 Å². The van der Waals surface area contributed by atoms with Gasteiger partial charge in [0.2, 0.25) is 0 Å². The summed E-state index contributed by atoms with van der Waals surface area (Å²) in [4.78, 5) is 0. The summed E-state index contributed by atoms with van der Waals surface area (Å²) in [6, 6.07) is 9.03. The van der Waals surface area contributed by atoms with Gasteiger partial charge in [-0.15, -0.1) is 11.6 Å². The fraction of sp³-hybridized carbons (Fsp3) is 0.143. The second-order valence-corrected chi connectivity index (χ2v) is 4.54. The first kappa shape index (κ1) is 14.1. The van der Waals surface area contributed by atoms with Crippen LogP contribution in [0.4, 0.5) is 8.78 Å². The molecule has 2 aromatic rings. The molecule has 0 aliphatic rings. The summed E-state index contributed by atoms with van der Waals surface area (Å²) >= 11 is 11.4. The van der Waals surface area contributed by atoms with Crippen molar-refractivity contribution in [2.75, 3.05) is 0 Å². The Hall–Kier alpha value is -1.32. The topological polar surface area (TPSA) is 9.23 Å². The smallest absolute Gasteiger partial charge is 0.165 e. The van der Waals surface area contributed by atoms with Crippen LogP contribution in [-0.4, -0.2) is 0 Å². The van der Waals surface area contributed by atoms with Crippen LogP contribution in [0.5, 0.6) is 5.75 Å². The highest BCUT2D eigenvalue weighted by atomic mass is 35.5. The monoisotopic (exact) mass is 302 g/mol. The van der Waals surface area contributed by atoms with Crippen LogP contribution in [0.3, 0.4) is 0 Å². The Morgan fingerprint density at radius 1 is 1.00 bits per heavy atom. The van der Waals surface area contributed by atoms with Gasteiger partial charge in [-0.25, -0.2) is 8.78 Å². The first-order valence-electron chi connectivity index (χ1n) is 5.52. The summed E-state index contributed by atoms with van der Waals surface area (Å²) in [5.74, 6) is -0.934. The van der Waals surface area contributed by atoms with Crippen molar-refractivity contribution >= 4 is 23.2 Å². The van der Waals surface area contributed by atoms with E-state index in [2.05, 4.69) is 0 Å². The first-order chi connectivity index (χ1) is 9.13. The summed E-state index contributed by atoms with van der Waals surface area (Å²) < 4.78 is 32.6. The molecular weight excluding hydrogens is 293 g/mol. The normalized spacial score (nSPS) is 10.5. The molecule has 0 aromatic heterocycles. The minimum absolute atomic E-state index is 0.00667. The maximum absolute atomic E-state index is 13.7. The Kier molecular flexibility index (Phi) is 4.61. The van der Waals surface area contributed by atoms with E-state index in [9.17, 15) is 8.78 Å². The van der Waals surface area contributed by atoms with Crippen molar-refractivity contribution < 1.29 is 13.5 Å². The molecule has 0 bridgehead atoms. The van der Waals surface area contributed by atoms with Gasteiger partial charge in [0, 0.05) is 11.1 Å². The van der Waals surface area contributed by atoms with E-state index in [0.717, 1.165) is 0 Å². The Morgan fingerprint density at radius 2 is 1.68 bits per heavy atom. The summed E-state index contributed by atoms with van der Waals surface area (Å²) in [5.41, 5.74) is 0.778. The number of ether oxygens (including phenoxy) is 1. The van der Waals surface area contributed by atoms with Crippen LogP contribution in [0.15, 0.2) is 36.4 Å². The Labute approximate surface area is 119 Å². The molecule has 0 aliphatic heterocycles. The van der Waals surface area contributed by atoms with E-state index < -0.39 is 11.6 Å². The molecule has 0 spiro atoms. The molecule has 0 heterocycles. The lowest BCUT2D eigenvalue weighted by Crippen LogP contribution is -2.02. The zero-order valence-corrected chi connectivity index (χ0v) is 11.3. The van der Waals surface area contributed by atoms with E-state index in [-0.39, 0.29) is 28.8 Å². The highest BCUT2D eigenvalue weighted by molar-refractivity contribution is 6.30. The van der Waals surface area contributed by atoms with Crippen molar-refractivity contribution in [2.45, 2.75) is 12.5 Å². The van der Waals surface area contributed by atoms with Crippen LogP contribution < -0.4 is 4.74 Å². The number of para-hydroxylation sites is 1. The fourth-order valence-corrected chi connectivity index (χ4v) is 2.03. The maximum Gasteiger partial charge on any atom is 0.165 e. The molecule has 2 aromatic carbocycles. The van der Waals surface area contributed by atoms with Crippen LogP contribution >= 0.6 is 23.2 Å². The molecule has 0 amide bonds. The third kappa shape index (κ3) is 3.17. The van der Waals surface area contributed by atoms with E-state index in [1.54, 1.807) is 18.2 Å². The van der Waals surface area contributed by atoms with Crippen molar-refractivity contribution in [3.63, 3.8) is 0 Å². The van der Waals surface area contributed by atoms with Gasteiger partial charge in [0.15, 0.2) is 11.6 Å². The van der Waals surface area contributed by atoms with Crippen molar-refractivity contribution in [2.24, 2.45) is 0 Å². The Morgan fingerprint density at radius 3 is 2.42 bits per heavy atom. The lowest BCUT2D eigenvalue weighted by atomic mass is 10.2. The largest absolute Gasteiger partial charge is 0.485 e. The van der Waals surface area contributed by atoms with Crippen LogP contribution in [0.2, 0.25) is 5.02 Å². The molecule has 19 heavy (non-hydrogen) atoms. The molecule has 0 N–H and O–H groups in total. The van der Waals surface area contributed by atoms with Gasteiger partial charge in [0.1, 0.15) is 12.4 Å². The zero-order chi connectivity index (χ0) is 13.8. The predicted octanol–water partition coefficient (Wildman–Crippen LogP) is 4.94. The van der Waals surface area contributed by atoms with Gasteiger partial charge in [-0.05, 0) is 12.1 Å². The van der Waals surface area contributed by atoms with Crippen LogP contribution in [0.25, 0.3) is 0 Å².